The molecule has 0 aliphatic carbocycles. The van der Waals surface area contributed by atoms with E-state index in [0.29, 0.717) is 12.3 Å². The molecule has 1 heterocycles. The Balaban J connectivity index is 0.00000122. The van der Waals surface area contributed by atoms with Gasteiger partial charge in [0.15, 0.2) is 0 Å². The molecule has 8 heteroatoms. The summed E-state index contributed by atoms with van der Waals surface area (Å²) in [4.78, 5) is 22.3. The molecule has 0 fully saturated rings. The molecule has 0 aliphatic heterocycles. The van der Waals surface area contributed by atoms with Gasteiger partial charge in [-0.3, -0.25) is 4.99 Å². The summed E-state index contributed by atoms with van der Waals surface area (Å²) in [5.74, 6) is 0. The molecule has 1 aromatic heterocycles. The van der Waals surface area contributed by atoms with Crippen molar-refractivity contribution in [3.05, 3.63) is 50.7 Å². The second kappa shape index (κ2) is 12.4. The van der Waals surface area contributed by atoms with E-state index < -0.39 is 6.09 Å². The molecule has 0 aliphatic rings. The van der Waals surface area contributed by atoms with Crippen LogP contribution in [0.4, 0.5) is 10.5 Å². The molecule has 4 nitrogen and oxygen atoms in total. The van der Waals surface area contributed by atoms with Crippen LogP contribution in [0.25, 0.3) is 0 Å². The van der Waals surface area contributed by atoms with Crippen molar-refractivity contribution in [2.24, 2.45) is 9.98 Å². The Hall–Kier alpha value is -1.17. The van der Waals surface area contributed by atoms with E-state index >= 15 is 0 Å². The maximum atomic E-state index is 11.5. The molecule has 0 saturated heterocycles. The fourth-order valence-electron chi connectivity index (χ4n) is 2.65. The molecular formula is C20H24Cl2FeN2O2S. The number of hydrogen-bond acceptors (Lipinski definition) is 4. The second-order valence-corrected chi connectivity index (χ2v) is 8.96. The zero-order chi connectivity index (χ0) is 21.3. The third kappa shape index (κ3) is 7.69. The van der Waals surface area contributed by atoms with Gasteiger partial charge in [-0.25, -0.2) is 4.79 Å². The number of aliphatic imine (C=N–C) groups is 2. The minimum atomic E-state index is -0.550. The van der Waals surface area contributed by atoms with E-state index in [1.165, 1.54) is 16.7 Å². The van der Waals surface area contributed by atoms with Crippen LogP contribution in [-0.2, 0) is 17.9 Å². The Morgan fingerprint density at radius 3 is 2.07 bits per heavy atom. The number of ether oxygens (including phenoxy) is 1. The van der Waals surface area contributed by atoms with E-state index in [-0.39, 0.29) is 13.1 Å². The summed E-state index contributed by atoms with van der Waals surface area (Å²) in [7, 11) is 9.53. The number of benzene rings is 1. The Morgan fingerprint density at radius 1 is 1.07 bits per heavy atom. The molecule has 0 saturated carbocycles. The van der Waals surface area contributed by atoms with Crippen LogP contribution in [0.3, 0.4) is 0 Å². The SMILES string of the molecule is CCOC(=O)/N=C(\C)c1ccc(C(C)=Nc2c(C)cc(C)cc2C)s1.[Cl][Fe][Cl]. The molecule has 1 aromatic carbocycles. The van der Waals surface area contributed by atoms with Crippen LogP contribution in [0.5, 0.6) is 0 Å². The summed E-state index contributed by atoms with van der Waals surface area (Å²) >= 11 is 1.77. The summed E-state index contributed by atoms with van der Waals surface area (Å²) in [6, 6.07) is 8.28. The number of hydrogen-bond donors (Lipinski definition) is 0. The van der Waals surface area contributed by atoms with Gasteiger partial charge < -0.3 is 4.74 Å². The van der Waals surface area contributed by atoms with Gasteiger partial charge in [0, 0.05) is 9.75 Å². The van der Waals surface area contributed by atoms with Crippen LogP contribution < -0.4 is 0 Å². The van der Waals surface area contributed by atoms with Gasteiger partial charge in [-0.2, -0.15) is 4.99 Å². The predicted octanol–water partition coefficient (Wildman–Crippen LogP) is 7.16. The Morgan fingerprint density at radius 2 is 1.57 bits per heavy atom. The second-order valence-electron chi connectivity index (χ2n) is 6.06. The van der Waals surface area contributed by atoms with Gasteiger partial charge in [0.25, 0.3) is 0 Å². The van der Waals surface area contributed by atoms with Gasteiger partial charge in [-0.05, 0) is 64.8 Å². The summed E-state index contributed by atoms with van der Waals surface area (Å²) in [6.07, 6.45) is -0.550. The van der Waals surface area contributed by atoms with Gasteiger partial charge >= 0.3 is 39.4 Å². The summed E-state index contributed by atoms with van der Waals surface area (Å²) in [5.41, 5.74) is 6.23. The van der Waals surface area contributed by atoms with Crippen molar-refractivity contribution >= 4 is 54.7 Å². The number of carbonyl (C=O) groups is 1. The minimum absolute atomic E-state index is 0.194. The number of carbonyl (C=O) groups excluding carboxylic acids is 1. The average molecular weight is 483 g/mol. The molecule has 0 spiro atoms. The van der Waals surface area contributed by atoms with Crippen LogP contribution in [0.1, 0.15) is 47.2 Å². The first-order chi connectivity index (χ1) is 13.2. The van der Waals surface area contributed by atoms with Crippen LogP contribution >= 0.6 is 31.5 Å². The van der Waals surface area contributed by atoms with Crippen molar-refractivity contribution in [2.75, 3.05) is 6.61 Å². The predicted molar refractivity (Wildman–Crippen MR) is 118 cm³/mol. The third-order valence-corrected chi connectivity index (χ3v) is 5.06. The first-order valence-corrected chi connectivity index (χ1v) is 12.4. The molecular weight excluding hydrogens is 459 g/mol. The van der Waals surface area contributed by atoms with E-state index in [1.807, 2.05) is 26.0 Å². The number of halogens is 2. The Bertz CT molecular complexity index is 856. The molecule has 0 N–H and O–H groups in total. The Labute approximate surface area is 185 Å². The fourth-order valence-corrected chi connectivity index (χ4v) is 3.54. The van der Waals surface area contributed by atoms with Crippen LogP contribution in [0.2, 0.25) is 0 Å². The molecule has 0 radical (unpaired) electrons. The number of nitrogens with zero attached hydrogens (tertiary/aromatic N) is 2. The normalized spacial score (nSPS) is 11.9. The number of rotatable bonds is 4. The van der Waals surface area contributed by atoms with Crippen LogP contribution in [-0.4, -0.2) is 24.1 Å². The number of thiophene rings is 1. The van der Waals surface area contributed by atoms with Gasteiger partial charge in [-0.1, -0.05) is 17.7 Å². The zero-order valence-corrected chi connectivity index (χ0v) is 20.2. The standard InChI is InChI=1S/C20H24N2O2S.2ClH.Fe/c1-7-24-20(23)22-16(6)18-9-8-17(25-18)15(5)21-19-13(3)10-12(2)11-14(19)4;;;/h8-11H,7H2,1-6H3;2*1H;/q;;;+2/p-2/b21-15?,22-16+;;;. The molecule has 28 heavy (non-hydrogen) atoms. The van der Waals surface area contributed by atoms with E-state index in [1.54, 1.807) is 18.3 Å². The van der Waals surface area contributed by atoms with Crippen molar-refractivity contribution in [2.45, 2.75) is 41.5 Å². The fraction of sp³-hybridized carbons (Fsp3) is 0.350. The van der Waals surface area contributed by atoms with E-state index in [4.69, 9.17) is 29.9 Å². The molecule has 0 unspecified atom stereocenters. The molecule has 1 amide bonds. The molecule has 2 aromatic rings. The van der Waals surface area contributed by atoms with E-state index in [2.05, 4.69) is 37.9 Å². The van der Waals surface area contributed by atoms with Crippen LogP contribution in [0, 0.1) is 20.8 Å². The number of aryl methyl sites for hydroxylation is 3. The van der Waals surface area contributed by atoms with Gasteiger partial charge in [0.2, 0.25) is 0 Å². The molecule has 0 atom stereocenters. The zero-order valence-electron chi connectivity index (χ0n) is 16.7. The summed E-state index contributed by atoms with van der Waals surface area (Å²) in [6.45, 7) is 12.2. The first-order valence-electron chi connectivity index (χ1n) is 8.54. The monoisotopic (exact) mass is 482 g/mol. The van der Waals surface area contributed by atoms with Crippen molar-refractivity contribution in [3.63, 3.8) is 0 Å². The Kier molecular flexibility index (Phi) is 11.0. The van der Waals surface area contributed by atoms with Gasteiger partial charge in [0.05, 0.1) is 23.7 Å². The van der Waals surface area contributed by atoms with E-state index in [0.717, 1.165) is 21.2 Å². The van der Waals surface area contributed by atoms with Crippen LogP contribution in [0.15, 0.2) is 34.3 Å². The van der Waals surface area contributed by atoms with Gasteiger partial charge in [0.1, 0.15) is 0 Å². The average Bonchev–Trinajstić information content (AvgIpc) is 3.09. The van der Waals surface area contributed by atoms with Crippen molar-refractivity contribution in [3.8, 4) is 0 Å². The quantitative estimate of drug-likeness (QED) is 0.343. The maximum absolute atomic E-state index is 11.5. The third-order valence-electron chi connectivity index (χ3n) is 3.76. The molecule has 2 rings (SSSR count). The van der Waals surface area contributed by atoms with Gasteiger partial charge in [-0.15, -0.1) is 11.3 Å². The summed E-state index contributed by atoms with van der Waals surface area (Å²) in [5, 5.41) is 0. The van der Waals surface area contributed by atoms with Crippen molar-refractivity contribution < 1.29 is 22.7 Å². The summed E-state index contributed by atoms with van der Waals surface area (Å²) < 4.78 is 4.86. The van der Waals surface area contributed by atoms with E-state index in [9.17, 15) is 4.79 Å². The van der Waals surface area contributed by atoms with Crippen molar-refractivity contribution in [1.82, 2.24) is 0 Å². The molecule has 154 valence electrons. The number of amides is 1. The van der Waals surface area contributed by atoms with Crippen molar-refractivity contribution in [1.29, 1.82) is 0 Å². The first kappa shape index (κ1) is 24.9. The molecule has 0 bridgehead atoms. The topological polar surface area (TPSA) is 51.0 Å².